The van der Waals surface area contributed by atoms with E-state index >= 15 is 0 Å². The predicted molar refractivity (Wildman–Crippen MR) is 82.3 cm³/mol. The Morgan fingerprint density at radius 3 is 2.90 bits per heavy atom. The van der Waals surface area contributed by atoms with Crippen LogP contribution in [0.4, 0.5) is 0 Å². The van der Waals surface area contributed by atoms with Gasteiger partial charge in [0.25, 0.3) is 0 Å². The molecule has 0 bridgehead atoms. The number of aliphatic hydroxyl groups excluding tert-OH is 1. The minimum Gasteiger partial charge on any atom is -0.387 e. The minimum absolute atomic E-state index is 0.362. The summed E-state index contributed by atoms with van der Waals surface area (Å²) in [6, 6.07) is 8.05. The highest BCUT2D eigenvalue weighted by atomic mass is 35.5. The van der Waals surface area contributed by atoms with Crippen molar-refractivity contribution in [3.63, 3.8) is 0 Å². The molecule has 21 heavy (non-hydrogen) atoms. The molecule has 3 fully saturated rings. The molecule has 4 atom stereocenters. The molecule has 3 aliphatic rings. The first-order valence-electron chi connectivity index (χ1n) is 8.00. The molecular weight excluding hydrogens is 286 g/mol. The SMILES string of the molecule is OC(CNC1C2CCOC2C12CCC2)c1ccccc1Cl. The largest absolute Gasteiger partial charge is 0.387 e. The smallest absolute Gasteiger partial charge is 0.0928 e. The standard InChI is InChI=1S/C17H22ClNO2/c18-13-5-2-1-4-11(13)14(20)10-19-15-12-6-9-21-16(12)17(15)7-3-8-17/h1-2,4-5,12,14-16,19-20H,3,6-10H2. The van der Waals surface area contributed by atoms with Crippen LogP contribution in [0.15, 0.2) is 24.3 Å². The van der Waals surface area contributed by atoms with E-state index in [2.05, 4.69) is 5.32 Å². The fraction of sp³-hybridized carbons (Fsp3) is 0.647. The highest BCUT2D eigenvalue weighted by molar-refractivity contribution is 6.31. The van der Waals surface area contributed by atoms with E-state index in [-0.39, 0.29) is 0 Å². The zero-order valence-corrected chi connectivity index (χ0v) is 12.9. The van der Waals surface area contributed by atoms with Crippen molar-refractivity contribution in [2.75, 3.05) is 13.2 Å². The molecule has 114 valence electrons. The van der Waals surface area contributed by atoms with Gasteiger partial charge >= 0.3 is 0 Å². The molecule has 2 N–H and O–H groups in total. The normalized spacial score (nSPS) is 34.1. The summed E-state index contributed by atoms with van der Waals surface area (Å²) in [6.07, 6.45) is 4.95. The Balaban J connectivity index is 1.42. The van der Waals surface area contributed by atoms with Gasteiger partial charge in [0.2, 0.25) is 0 Å². The van der Waals surface area contributed by atoms with Crippen LogP contribution in [0.5, 0.6) is 0 Å². The zero-order chi connectivity index (χ0) is 14.4. The first-order chi connectivity index (χ1) is 10.2. The lowest BCUT2D eigenvalue weighted by Crippen LogP contribution is -2.71. The summed E-state index contributed by atoms with van der Waals surface area (Å²) in [7, 11) is 0. The van der Waals surface area contributed by atoms with E-state index in [0.29, 0.717) is 35.0 Å². The molecule has 0 amide bonds. The number of benzene rings is 1. The predicted octanol–water partition coefficient (Wildman–Crippen LogP) is 2.92. The van der Waals surface area contributed by atoms with Crippen molar-refractivity contribution in [3.05, 3.63) is 34.9 Å². The van der Waals surface area contributed by atoms with Crippen LogP contribution in [-0.2, 0) is 4.74 Å². The summed E-state index contributed by atoms with van der Waals surface area (Å²) in [5.74, 6) is 0.642. The lowest BCUT2D eigenvalue weighted by Gasteiger charge is -2.63. The molecule has 4 unspecified atom stereocenters. The molecule has 1 aliphatic heterocycles. The maximum Gasteiger partial charge on any atom is 0.0928 e. The second kappa shape index (κ2) is 5.24. The van der Waals surface area contributed by atoms with Crippen LogP contribution in [0, 0.1) is 11.3 Å². The Morgan fingerprint density at radius 2 is 2.19 bits per heavy atom. The monoisotopic (exact) mass is 307 g/mol. The minimum atomic E-state index is -0.544. The third-order valence-corrected chi connectivity index (χ3v) is 6.18. The lowest BCUT2D eigenvalue weighted by molar-refractivity contribution is -0.177. The van der Waals surface area contributed by atoms with Crippen LogP contribution >= 0.6 is 11.6 Å². The quantitative estimate of drug-likeness (QED) is 0.898. The first-order valence-corrected chi connectivity index (χ1v) is 8.38. The van der Waals surface area contributed by atoms with Crippen LogP contribution in [0.3, 0.4) is 0 Å². The van der Waals surface area contributed by atoms with Crippen molar-refractivity contribution in [1.82, 2.24) is 5.32 Å². The van der Waals surface area contributed by atoms with Gasteiger partial charge in [-0.2, -0.15) is 0 Å². The highest BCUT2D eigenvalue weighted by Crippen LogP contribution is 2.62. The summed E-state index contributed by atoms with van der Waals surface area (Å²) in [6.45, 7) is 1.47. The maximum atomic E-state index is 10.4. The number of hydrogen-bond acceptors (Lipinski definition) is 3. The van der Waals surface area contributed by atoms with Gasteiger partial charge in [-0.15, -0.1) is 0 Å². The van der Waals surface area contributed by atoms with Crippen molar-refractivity contribution in [1.29, 1.82) is 0 Å². The van der Waals surface area contributed by atoms with Crippen molar-refractivity contribution in [3.8, 4) is 0 Å². The van der Waals surface area contributed by atoms with Crippen molar-refractivity contribution >= 4 is 11.6 Å². The van der Waals surface area contributed by atoms with Gasteiger partial charge in [0.1, 0.15) is 0 Å². The molecule has 4 rings (SSSR count). The van der Waals surface area contributed by atoms with E-state index in [1.165, 1.54) is 19.3 Å². The van der Waals surface area contributed by atoms with Gasteiger partial charge in [-0.1, -0.05) is 36.2 Å². The fourth-order valence-corrected chi connectivity index (χ4v) is 4.92. The molecule has 1 aromatic carbocycles. The van der Waals surface area contributed by atoms with Gasteiger partial charge < -0.3 is 15.2 Å². The van der Waals surface area contributed by atoms with Gasteiger partial charge in [0.15, 0.2) is 0 Å². The second-order valence-corrected chi connectivity index (χ2v) is 7.16. The summed E-state index contributed by atoms with van der Waals surface area (Å²) < 4.78 is 5.93. The Kier molecular flexibility index (Phi) is 3.49. The zero-order valence-electron chi connectivity index (χ0n) is 12.1. The van der Waals surface area contributed by atoms with E-state index in [1.807, 2.05) is 24.3 Å². The summed E-state index contributed by atoms with van der Waals surface area (Å²) in [4.78, 5) is 0. The molecule has 1 saturated heterocycles. The fourth-order valence-electron chi connectivity index (χ4n) is 4.65. The number of nitrogens with one attached hydrogen (secondary N) is 1. The van der Waals surface area contributed by atoms with Gasteiger partial charge in [-0.25, -0.2) is 0 Å². The van der Waals surface area contributed by atoms with Crippen LogP contribution < -0.4 is 5.32 Å². The van der Waals surface area contributed by atoms with E-state index in [4.69, 9.17) is 16.3 Å². The molecule has 1 heterocycles. The number of ether oxygens (including phenoxy) is 1. The van der Waals surface area contributed by atoms with Crippen molar-refractivity contribution in [2.45, 2.75) is 43.9 Å². The van der Waals surface area contributed by atoms with Crippen LogP contribution in [0.2, 0.25) is 5.02 Å². The third kappa shape index (κ3) is 2.06. The van der Waals surface area contributed by atoms with E-state index in [9.17, 15) is 5.11 Å². The van der Waals surface area contributed by atoms with Gasteiger partial charge in [-0.05, 0) is 25.3 Å². The Bertz CT molecular complexity index is 531. The van der Waals surface area contributed by atoms with Crippen molar-refractivity contribution in [2.24, 2.45) is 11.3 Å². The lowest BCUT2D eigenvalue weighted by atomic mass is 9.46. The molecule has 4 heteroatoms. The van der Waals surface area contributed by atoms with Crippen LogP contribution in [0.1, 0.15) is 37.4 Å². The number of aliphatic hydroxyl groups is 1. The van der Waals surface area contributed by atoms with E-state index < -0.39 is 6.10 Å². The topological polar surface area (TPSA) is 41.5 Å². The van der Waals surface area contributed by atoms with Crippen LogP contribution in [-0.4, -0.2) is 30.4 Å². The van der Waals surface area contributed by atoms with Gasteiger partial charge in [0.05, 0.1) is 12.2 Å². The first kappa shape index (κ1) is 14.0. The van der Waals surface area contributed by atoms with Crippen LogP contribution in [0.25, 0.3) is 0 Å². The second-order valence-electron chi connectivity index (χ2n) is 6.75. The average molecular weight is 308 g/mol. The molecule has 1 spiro atoms. The molecule has 0 radical (unpaired) electrons. The molecule has 3 nitrogen and oxygen atoms in total. The van der Waals surface area contributed by atoms with Gasteiger partial charge in [0, 0.05) is 41.1 Å². The number of rotatable bonds is 4. The van der Waals surface area contributed by atoms with Gasteiger partial charge in [-0.3, -0.25) is 0 Å². The Labute approximate surface area is 130 Å². The summed E-state index contributed by atoms with van der Waals surface area (Å²) in [5, 5.41) is 14.7. The molecular formula is C17H22ClNO2. The number of halogens is 1. The number of hydrogen-bond donors (Lipinski definition) is 2. The molecule has 1 aromatic rings. The van der Waals surface area contributed by atoms with Crippen molar-refractivity contribution < 1.29 is 9.84 Å². The summed E-state index contributed by atoms with van der Waals surface area (Å²) >= 11 is 6.16. The average Bonchev–Trinajstić information content (AvgIpc) is 2.83. The van der Waals surface area contributed by atoms with E-state index in [1.54, 1.807) is 0 Å². The highest BCUT2D eigenvalue weighted by Gasteiger charge is 2.66. The molecule has 0 aromatic heterocycles. The number of fused-ring (bicyclic) bond motifs is 2. The van der Waals surface area contributed by atoms with E-state index in [0.717, 1.165) is 18.6 Å². The Hall–Kier alpha value is -0.610. The third-order valence-electron chi connectivity index (χ3n) is 5.83. The molecule has 2 aliphatic carbocycles. The maximum absolute atomic E-state index is 10.4. The summed E-state index contributed by atoms with van der Waals surface area (Å²) in [5.41, 5.74) is 1.18. The Morgan fingerprint density at radius 1 is 1.38 bits per heavy atom. The molecule has 2 saturated carbocycles.